The van der Waals surface area contributed by atoms with E-state index in [0.717, 1.165) is 44.9 Å². The summed E-state index contributed by atoms with van der Waals surface area (Å²) in [5.41, 5.74) is -1.29. The van der Waals surface area contributed by atoms with E-state index in [1.807, 2.05) is 51.2 Å². The molecule has 0 saturated heterocycles. The van der Waals surface area contributed by atoms with Crippen LogP contribution in [-0.4, -0.2) is 22.2 Å². The minimum Gasteiger partial charge on any atom is -0.481 e. The first kappa shape index (κ1) is 31.8. The van der Waals surface area contributed by atoms with Crippen LogP contribution >= 0.6 is 23.5 Å². The molecule has 0 fully saturated rings. The standard InChI is InChI=1S/C31H48O4S2/c1-28(2)18-22(36-24(20-28)14-10-16-30(5,6)26(32)33)12-9-13-23-19-29(3,4)21-25(37-23)15-11-17-31(7,8)27(34)35/h18-21H,9-17H2,1-8H3,(H,32,33)(H,34,35). The highest BCUT2D eigenvalue weighted by Crippen LogP contribution is 2.46. The summed E-state index contributed by atoms with van der Waals surface area (Å²) in [6.07, 6.45) is 17.7. The zero-order valence-electron chi connectivity index (χ0n) is 24.2. The van der Waals surface area contributed by atoms with Crippen LogP contribution in [0.2, 0.25) is 0 Å². The maximum absolute atomic E-state index is 11.4. The van der Waals surface area contributed by atoms with Crippen LogP contribution in [0.25, 0.3) is 0 Å². The van der Waals surface area contributed by atoms with Gasteiger partial charge in [-0.1, -0.05) is 75.5 Å². The first-order valence-electron chi connectivity index (χ1n) is 13.6. The minimum absolute atomic E-state index is 0.0265. The second-order valence-corrected chi connectivity index (χ2v) is 15.7. The second kappa shape index (κ2) is 12.6. The van der Waals surface area contributed by atoms with Crippen molar-refractivity contribution in [1.29, 1.82) is 0 Å². The van der Waals surface area contributed by atoms with Gasteiger partial charge in [0.05, 0.1) is 10.8 Å². The van der Waals surface area contributed by atoms with E-state index in [0.29, 0.717) is 12.8 Å². The molecule has 2 N–H and O–H groups in total. The molecule has 0 saturated carbocycles. The summed E-state index contributed by atoms with van der Waals surface area (Å²) in [4.78, 5) is 28.4. The maximum Gasteiger partial charge on any atom is 0.309 e. The van der Waals surface area contributed by atoms with Crippen molar-refractivity contribution in [2.75, 3.05) is 0 Å². The van der Waals surface area contributed by atoms with Crippen LogP contribution in [0.5, 0.6) is 0 Å². The third-order valence-electron chi connectivity index (χ3n) is 7.11. The number of rotatable bonds is 14. The quantitative estimate of drug-likeness (QED) is 0.225. The summed E-state index contributed by atoms with van der Waals surface area (Å²) in [6.45, 7) is 16.2. The lowest BCUT2D eigenvalue weighted by Crippen LogP contribution is -2.23. The molecule has 0 radical (unpaired) electrons. The summed E-state index contributed by atoms with van der Waals surface area (Å²) < 4.78 is 0. The van der Waals surface area contributed by atoms with Gasteiger partial charge in [-0.05, 0) is 105 Å². The van der Waals surface area contributed by atoms with Gasteiger partial charge < -0.3 is 10.2 Å². The van der Waals surface area contributed by atoms with Crippen molar-refractivity contribution in [3.05, 3.63) is 43.9 Å². The fourth-order valence-corrected chi connectivity index (χ4v) is 7.86. The average Bonchev–Trinajstić information content (AvgIpc) is 2.71. The Morgan fingerprint density at radius 2 is 0.892 bits per heavy atom. The number of aliphatic carboxylic acids is 2. The van der Waals surface area contributed by atoms with E-state index in [-0.39, 0.29) is 10.8 Å². The van der Waals surface area contributed by atoms with Gasteiger partial charge in [0.25, 0.3) is 0 Å². The Bertz CT molecular complexity index is 899. The zero-order chi connectivity index (χ0) is 28.1. The molecule has 6 heteroatoms. The average molecular weight is 549 g/mol. The molecule has 2 heterocycles. The van der Waals surface area contributed by atoms with Gasteiger partial charge in [-0.25, -0.2) is 0 Å². The van der Waals surface area contributed by atoms with Crippen molar-refractivity contribution < 1.29 is 19.8 Å². The fraction of sp³-hybridized carbons (Fsp3) is 0.677. The van der Waals surface area contributed by atoms with Crippen LogP contribution in [0, 0.1) is 21.7 Å². The lowest BCUT2D eigenvalue weighted by atomic mass is 9.86. The van der Waals surface area contributed by atoms with Crippen molar-refractivity contribution in [3.8, 4) is 0 Å². The molecule has 0 bridgehead atoms. The first-order valence-corrected chi connectivity index (χ1v) is 15.2. The van der Waals surface area contributed by atoms with Crippen LogP contribution in [-0.2, 0) is 9.59 Å². The van der Waals surface area contributed by atoms with E-state index < -0.39 is 22.8 Å². The molecule has 0 aliphatic carbocycles. The molecule has 0 amide bonds. The van der Waals surface area contributed by atoms with E-state index in [9.17, 15) is 19.8 Å². The molecule has 0 atom stereocenters. The number of hydrogen-bond donors (Lipinski definition) is 2. The molecule has 0 aromatic heterocycles. The van der Waals surface area contributed by atoms with E-state index in [2.05, 4.69) is 52.0 Å². The SMILES string of the molecule is CC1(C)C=C(CCCC2=CC(C)(C)C=C(CCCC(C)(C)C(=O)O)S2)SC(CCCC(C)(C)C(=O)O)=C1. The summed E-state index contributed by atoms with van der Waals surface area (Å²) in [5.74, 6) is -1.45. The van der Waals surface area contributed by atoms with Crippen LogP contribution in [0.3, 0.4) is 0 Å². The first-order chi connectivity index (χ1) is 16.9. The van der Waals surface area contributed by atoms with Crippen LogP contribution < -0.4 is 0 Å². The Morgan fingerprint density at radius 3 is 1.16 bits per heavy atom. The number of thioether (sulfide) groups is 2. The number of carbonyl (C=O) groups is 2. The highest BCUT2D eigenvalue weighted by molar-refractivity contribution is 8.07. The van der Waals surface area contributed by atoms with Gasteiger partial charge in [-0.2, -0.15) is 0 Å². The summed E-state index contributed by atoms with van der Waals surface area (Å²) >= 11 is 3.77. The van der Waals surface area contributed by atoms with E-state index in [1.165, 1.54) is 19.6 Å². The largest absolute Gasteiger partial charge is 0.481 e. The second-order valence-electron chi connectivity index (χ2n) is 13.2. The van der Waals surface area contributed by atoms with Gasteiger partial charge >= 0.3 is 11.9 Å². The lowest BCUT2D eigenvalue weighted by Gasteiger charge is -2.28. The molecule has 37 heavy (non-hydrogen) atoms. The van der Waals surface area contributed by atoms with Gasteiger partial charge in [0.2, 0.25) is 0 Å². The van der Waals surface area contributed by atoms with Gasteiger partial charge in [0.1, 0.15) is 0 Å². The van der Waals surface area contributed by atoms with Crippen molar-refractivity contribution >= 4 is 35.5 Å². The predicted octanol–water partition coefficient (Wildman–Crippen LogP) is 9.80. The molecule has 2 rings (SSSR count). The predicted molar refractivity (Wildman–Crippen MR) is 159 cm³/mol. The summed E-state index contributed by atoms with van der Waals surface area (Å²) in [6, 6.07) is 0. The van der Waals surface area contributed by atoms with Gasteiger partial charge in [0, 0.05) is 10.8 Å². The Morgan fingerprint density at radius 1 is 0.622 bits per heavy atom. The van der Waals surface area contributed by atoms with Crippen molar-refractivity contribution in [2.45, 2.75) is 113 Å². The molecule has 0 spiro atoms. The molecule has 0 unspecified atom stereocenters. The number of hydrogen-bond acceptors (Lipinski definition) is 4. The van der Waals surface area contributed by atoms with Gasteiger partial charge in [-0.15, -0.1) is 0 Å². The van der Waals surface area contributed by atoms with Crippen LogP contribution in [0.1, 0.15) is 113 Å². The Labute approximate surface area is 233 Å². The van der Waals surface area contributed by atoms with Crippen LogP contribution in [0.4, 0.5) is 0 Å². The van der Waals surface area contributed by atoms with E-state index >= 15 is 0 Å². The summed E-state index contributed by atoms with van der Waals surface area (Å²) in [5, 5.41) is 18.8. The van der Waals surface area contributed by atoms with Crippen molar-refractivity contribution in [3.63, 3.8) is 0 Å². The smallest absolute Gasteiger partial charge is 0.309 e. The topological polar surface area (TPSA) is 74.6 Å². The lowest BCUT2D eigenvalue weighted by molar-refractivity contribution is -0.148. The number of carboxylic acid groups (broad SMARTS) is 2. The van der Waals surface area contributed by atoms with Gasteiger partial charge in [0.15, 0.2) is 0 Å². The fourth-order valence-electron chi connectivity index (χ4n) is 4.75. The number of carboxylic acids is 2. The molecule has 0 aromatic carbocycles. The van der Waals surface area contributed by atoms with Crippen molar-refractivity contribution in [1.82, 2.24) is 0 Å². The molecule has 208 valence electrons. The van der Waals surface area contributed by atoms with E-state index in [4.69, 9.17) is 0 Å². The molecule has 4 nitrogen and oxygen atoms in total. The molecular formula is C31H48O4S2. The Hall–Kier alpha value is -1.40. The van der Waals surface area contributed by atoms with E-state index in [1.54, 1.807) is 0 Å². The zero-order valence-corrected chi connectivity index (χ0v) is 25.8. The van der Waals surface area contributed by atoms with Crippen molar-refractivity contribution in [2.24, 2.45) is 21.7 Å². The summed E-state index contributed by atoms with van der Waals surface area (Å²) in [7, 11) is 0. The minimum atomic E-state index is -0.723. The molecular weight excluding hydrogens is 500 g/mol. The highest BCUT2D eigenvalue weighted by Gasteiger charge is 2.29. The van der Waals surface area contributed by atoms with Gasteiger partial charge in [-0.3, -0.25) is 9.59 Å². The third kappa shape index (κ3) is 10.7. The highest BCUT2D eigenvalue weighted by atomic mass is 32.2. The monoisotopic (exact) mass is 548 g/mol. The Kier molecular flexibility index (Phi) is 10.9. The normalized spacial score (nSPS) is 19.5. The molecule has 0 aromatic rings. The Balaban J connectivity index is 1.87. The third-order valence-corrected chi connectivity index (χ3v) is 9.45. The maximum atomic E-state index is 11.4. The number of allylic oxidation sites excluding steroid dienone is 8. The van der Waals surface area contributed by atoms with Crippen LogP contribution in [0.15, 0.2) is 43.9 Å². The molecule has 2 aliphatic heterocycles. The molecule has 2 aliphatic rings.